The fraction of sp³-hybridized carbons (Fsp3) is 0.900. The van der Waals surface area contributed by atoms with Crippen LogP contribution in [-0.4, -0.2) is 39.2 Å². The minimum Gasteiger partial charge on any atom is -0.390 e. The zero-order valence-corrected chi connectivity index (χ0v) is 9.67. The molecule has 0 radical (unpaired) electrons. The lowest BCUT2D eigenvalue weighted by Crippen LogP contribution is -2.43. The molecule has 3 nitrogen and oxygen atoms in total. The number of hydrogen-bond donors (Lipinski definition) is 1. The summed E-state index contributed by atoms with van der Waals surface area (Å²) in [5.41, 5.74) is 0.0964. The molecule has 2 aliphatic heterocycles. The molecule has 0 unspecified atom stereocenters. The fourth-order valence-corrected chi connectivity index (χ4v) is 3.92. The molecule has 1 amide bonds. The summed E-state index contributed by atoms with van der Waals surface area (Å²) in [4.78, 5) is 13.6. The van der Waals surface area contributed by atoms with Crippen LogP contribution in [0.2, 0.25) is 0 Å². The molecule has 2 heterocycles. The first kappa shape index (κ1) is 10.3. The number of thioether (sulfide) groups is 1. The van der Waals surface area contributed by atoms with Crippen LogP contribution < -0.4 is 0 Å². The summed E-state index contributed by atoms with van der Waals surface area (Å²) in [6.07, 6.45) is -0.125. The van der Waals surface area contributed by atoms with Crippen LogP contribution in [0.15, 0.2) is 0 Å². The first-order valence-corrected chi connectivity index (χ1v) is 6.07. The van der Waals surface area contributed by atoms with Gasteiger partial charge in [-0.05, 0) is 5.41 Å². The summed E-state index contributed by atoms with van der Waals surface area (Å²) < 4.78 is 0. The molecule has 0 bridgehead atoms. The molecule has 0 spiro atoms. The van der Waals surface area contributed by atoms with E-state index in [1.807, 2.05) is 4.90 Å². The zero-order chi connectivity index (χ0) is 10.5. The van der Waals surface area contributed by atoms with Crippen molar-refractivity contribution in [3.8, 4) is 0 Å². The molecule has 3 atom stereocenters. The van der Waals surface area contributed by atoms with Gasteiger partial charge in [0.1, 0.15) is 0 Å². The summed E-state index contributed by atoms with van der Waals surface area (Å²) in [6, 6.07) is 0.0664. The minimum atomic E-state index is -0.442. The van der Waals surface area contributed by atoms with Gasteiger partial charge in [-0.1, -0.05) is 20.8 Å². The Morgan fingerprint density at radius 1 is 1.50 bits per heavy atom. The molecule has 1 N–H and O–H groups in total. The van der Waals surface area contributed by atoms with Crippen LogP contribution in [-0.2, 0) is 4.79 Å². The molecule has 4 heteroatoms. The molecule has 0 aromatic carbocycles. The molecule has 0 aliphatic carbocycles. The third kappa shape index (κ3) is 1.44. The van der Waals surface area contributed by atoms with E-state index in [4.69, 9.17) is 0 Å². The van der Waals surface area contributed by atoms with Crippen molar-refractivity contribution in [3.63, 3.8) is 0 Å². The number of amides is 1. The molecule has 80 valence electrons. The maximum absolute atomic E-state index is 11.7. The smallest absolute Gasteiger partial charge is 0.226 e. The predicted molar refractivity (Wildman–Crippen MR) is 57.0 cm³/mol. The van der Waals surface area contributed by atoms with Crippen molar-refractivity contribution in [2.75, 3.05) is 5.75 Å². The minimum absolute atomic E-state index is 0.0664. The Morgan fingerprint density at radius 3 is 2.71 bits per heavy atom. The van der Waals surface area contributed by atoms with Crippen molar-refractivity contribution in [2.45, 2.75) is 44.7 Å². The van der Waals surface area contributed by atoms with Crippen LogP contribution >= 0.6 is 11.8 Å². The molecule has 2 aliphatic rings. The Balaban J connectivity index is 2.22. The summed E-state index contributed by atoms with van der Waals surface area (Å²) in [5, 5.41) is 9.91. The van der Waals surface area contributed by atoms with Crippen molar-refractivity contribution < 1.29 is 9.90 Å². The van der Waals surface area contributed by atoms with E-state index in [9.17, 15) is 9.90 Å². The lowest BCUT2D eigenvalue weighted by molar-refractivity contribution is -0.130. The fourth-order valence-electron chi connectivity index (χ4n) is 2.22. The topological polar surface area (TPSA) is 40.5 Å². The lowest BCUT2D eigenvalue weighted by atomic mass is 9.95. The van der Waals surface area contributed by atoms with Crippen LogP contribution in [0, 0.1) is 5.41 Å². The van der Waals surface area contributed by atoms with Crippen LogP contribution in [0.4, 0.5) is 0 Å². The summed E-state index contributed by atoms with van der Waals surface area (Å²) in [5.74, 6) is 1.00. The molecule has 2 saturated heterocycles. The highest BCUT2D eigenvalue weighted by Crippen LogP contribution is 2.44. The van der Waals surface area contributed by atoms with E-state index in [1.54, 1.807) is 11.8 Å². The number of carbonyl (C=O) groups excluding carboxylic acids is 1. The van der Waals surface area contributed by atoms with Gasteiger partial charge < -0.3 is 10.0 Å². The molecule has 0 aromatic rings. The normalized spacial score (nSPS) is 37.9. The van der Waals surface area contributed by atoms with Gasteiger partial charge in [0, 0.05) is 5.75 Å². The number of carbonyl (C=O) groups is 1. The Labute approximate surface area is 88.9 Å². The van der Waals surface area contributed by atoms with E-state index in [2.05, 4.69) is 20.8 Å². The Hall–Kier alpha value is -0.220. The lowest BCUT2D eigenvalue weighted by Gasteiger charge is -2.33. The SMILES string of the molecule is CC(C)(C)[C@H]1SC[C@@H]2[C@H](O)CC(=O)N21. The maximum Gasteiger partial charge on any atom is 0.226 e. The number of aliphatic hydroxyl groups excluding tert-OH is 1. The molecular formula is C10H17NO2S. The van der Waals surface area contributed by atoms with Gasteiger partial charge >= 0.3 is 0 Å². The van der Waals surface area contributed by atoms with Gasteiger partial charge in [-0.3, -0.25) is 4.79 Å². The molecule has 2 rings (SSSR count). The summed E-state index contributed by atoms with van der Waals surface area (Å²) in [7, 11) is 0. The zero-order valence-electron chi connectivity index (χ0n) is 8.86. The highest BCUT2D eigenvalue weighted by molar-refractivity contribution is 8.00. The number of fused-ring (bicyclic) bond motifs is 1. The van der Waals surface area contributed by atoms with Gasteiger partial charge in [-0.25, -0.2) is 0 Å². The molecule has 0 aromatic heterocycles. The molecule has 0 saturated carbocycles. The third-order valence-corrected chi connectivity index (χ3v) is 4.68. The van der Waals surface area contributed by atoms with E-state index >= 15 is 0 Å². The van der Waals surface area contributed by atoms with E-state index in [0.29, 0.717) is 6.42 Å². The number of aliphatic hydroxyl groups is 1. The van der Waals surface area contributed by atoms with Gasteiger partial charge in [-0.2, -0.15) is 0 Å². The number of nitrogens with zero attached hydrogens (tertiary/aromatic N) is 1. The van der Waals surface area contributed by atoms with Gasteiger partial charge in [0.15, 0.2) is 0 Å². The number of hydrogen-bond acceptors (Lipinski definition) is 3. The summed E-state index contributed by atoms with van der Waals surface area (Å²) in [6.45, 7) is 6.43. The van der Waals surface area contributed by atoms with Crippen molar-refractivity contribution >= 4 is 17.7 Å². The van der Waals surface area contributed by atoms with Crippen molar-refractivity contribution in [1.29, 1.82) is 0 Å². The predicted octanol–water partition coefficient (Wildman–Crippen LogP) is 1.07. The van der Waals surface area contributed by atoms with Gasteiger partial charge in [0.25, 0.3) is 0 Å². The third-order valence-electron chi connectivity index (χ3n) is 2.89. The summed E-state index contributed by atoms with van der Waals surface area (Å²) >= 11 is 1.79. The van der Waals surface area contributed by atoms with Crippen molar-refractivity contribution in [1.82, 2.24) is 4.90 Å². The standard InChI is InChI=1S/C10H17NO2S/c1-10(2,3)9-11-6(5-14-9)7(12)4-8(11)13/h6-7,9,12H,4-5H2,1-3H3/t6-,7-,9-/m1/s1. The van der Waals surface area contributed by atoms with Gasteiger partial charge in [-0.15, -0.1) is 11.8 Å². The Morgan fingerprint density at radius 2 is 2.14 bits per heavy atom. The molecule has 14 heavy (non-hydrogen) atoms. The van der Waals surface area contributed by atoms with E-state index in [1.165, 1.54) is 0 Å². The molecular weight excluding hydrogens is 198 g/mol. The van der Waals surface area contributed by atoms with Crippen LogP contribution in [0.3, 0.4) is 0 Å². The Bertz CT molecular complexity index is 261. The van der Waals surface area contributed by atoms with E-state index in [-0.39, 0.29) is 22.7 Å². The van der Waals surface area contributed by atoms with Gasteiger partial charge in [0.2, 0.25) is 5.91 Å². The quantitative estimate of drug-likeness (QED) is 0.657. The maximum atomic E-state index is 11.7. The van der Waals surface area contributed by atoms with Crippen LogP contribution in [0.5, 0.6) is 0 Å². The van der Waals surface area contributed by atoms with Gasteiger partial charge in [0.05, 0.1) is 23.9 Å². The second-order valence-electron chi connectivity index (χ2n) is 5.19. The average molecular weight is 215 g/mol. The van der Waals surface area contributed by atoms with Crippen molar-refractivity contribution in [3.05, 3.63) is 0 Å². The first-order chi connectivity index (χ1) is 6.41. The highest BCUT2D eigenvalue weighted by Gasteiger charge is 2.50. The van der Waals surface area contributed by atoms with E-state index in [0.717, 1.165) is 5.75 Å². The number of rotatable bonds is 0. The average Bonchev–Trinajstić information content (AvgIpc) is 2.53. The largest absolute Gasteiger partial charge is 0.390 e. The van der Waals surface area contributed by atoms with Crippen LogP contribution in [0.1, 0.15) is 27.2 Å². The van der Waals surface area contributed by atoms with E-state index < -0.39 is 6.10 Å². The Kier molecular flexibility index (Phi) is 2.31. The van der Waals surface area contributed by atoms with Crippen molar-refractivity contribution in [2.24, 2.45) is 5.41 Å². The highest BCUT2D eigenvalue weighted by atomic mass is 32.2. The first-order valence-electron chi connectivity index (χ1n) is 5.02. The monoisotopic (exact) mass is 215 g/mol. The van der Waals surface area contributed by atoms with Crippen LogP contribution in [0.25, 0.3) is 0 Å². The second kappa shape index (κ2) is 3.14. The second-order valence-corrected chi connectivity index (χ2v) is 6.30. The molecule has 2 fully saturated rings.